The number of fused-ring (bicyclic) bond motifs is 5. The van der Waals surface area contributed by atoms with Gasteiger partial charge in [-0.1, -0.05) is 0 Å². The molecule has 1 saturated heterocycles. The fraction of sp³-hybridized carbons (Fsp3) is 0.333. The van der Waals surface area contributed by atoms with Gasteiger partial charge in [-0.25, -0.2) is 15.0 Å². The molecule has 1 aromatic carbocycles. The van der Waals surface area contributed by atoms with Gasteiger partial charge >= 0.3 is 0 Å². The fourth-order valence-electron chi connectivity index (χ4n) is 4.47. The molecule has 1 fully saturated rings. The standard InChI is InChI=1S/C24H23ClN8O3S/c1-12-7-26-20-18-15(37-21(20)22(35)29-12)4-3-14-19(18)27-9-16(30-14)36-23-13(8-28-24(25)31-23)10-33-6-5-32(2)17(34)11-33/h3-4,8-9,12,26H,5-7,10-11H2,1-2H3,(H,29,35)/t12-/m1/s1. The number of likely N-dealkylation sites (N-methyl/N-ethyl adjacent to an activating group) is 1. The van der Waals surface area contributed by atoms with Gasteiger partial charge in [-0.2, -0.15) is 4.98 Å². The van der Waals surface area contributed by atoms with Gasteiger partial charge in [0.1, 0.15) is 4.88 Å². The lowest BCUT2D eigenvalue weighted by molar-refractivity contribution is -0.134. The lowest BCUT2D eigenvalue weighted by Crippen LogP contribution is -2.48. The van der Waals surface area contributed by atoms with Crippen molar-refractivity contribution in [1.29, 1.82) is 0 Å². The number of aromatic nitrogens is 4. The number of anilines is 1. The number of rotatable bonds is 4. The average Bonchev–Trinajstić information content (AvgIpc) is 3.19. The number of nitrogens with zero attached hydrogens (tertiary/aromatic N) is 6. The zero-order valence-corrected chi connectivity index (χ0v) is 21.7. The van der Waals surface area contributed by atoms with Crippen LogP contribution in [0.25, 0.3) is 21.1 Å². The number of carbonyl (C=O) groups excluding carboxylic acids is 2. The molecule has 3 aromatic heterocycles. The van der Waals surface area contributed by atoms with Crippen LogP contribution in [0, 0.1) is 0 Å². The molecule has 2 N–H and O–H groups in total. The molecule has 2 aliphatic rings. The molecule has 1 atom stereocenters. The zero-order chi connectivity index (χ0) is 25.7. The van der Waals surface area contributed by atoms with Crippen molar-refractivity contribution in [2.75, 3.05) is 38.5 Å². The number of hydrogen-bond acceptors (Lipinski definition) is 10. The van der Waals surface area contributed by atoms with Gasteiger partial charge in [0, 0.05) is 61.1 Å². The number of hydrogen-bond donors (Lipinski definition) is 2. The summed E-state index contributed by atoms with van der Waals surface area (Å²) in [6.07, 6.45) is 3.13. The fourth-order valence-corrected chi connectivity index (χ4v) is 5.68. The quantitative estimate of drug-likeness (QED) is 0.377. The molecule has 2 aliphatic heterocycles. The van der Waals surface area contributed by atoms with Crippen LogP contribution < -0.4 is 15.4 Å². The molecular weight excluding hydrogens is 516 g/mol. The Balaban J connectivity index is 1.32. The Bertz CT molecular complexity index is 1560. The molecule has 2 amide bonds. The number of piperazine rings is 1. The lowest BCUT2D eigenvalue weighted by Gasteiger charge is -2.31. The van der Waals surface area contributed by atoms with E-state index < -0.39 is 0 Å². The Kier molecular flexibility index (Phi) is 6.01. The summed E-state index contributed by atoms with van der Waals surface area (Å²) in [6, 6.07) is 3.81. The molecule has 4 aromatic rings. The molecule has 190 valence electrons. The third-order valence-electron chi connectivity index (χ3n) is 6.44. The second-order valence-corrected chi connectivity index (χ2v) is 10.6. The van der Waals surface area contributed by atoms with E-state index in [1.807, 2.05) is 24.0 Å². The Labute approximate surface area is 220 Å². The molecule has 5 heterocycles. The first kappa shape index (κ1) is 23.8. The summed E-state index contributed by atoms with van der Waals surface area (Å²) in [5.41, 5.74) is 2.76. The van der Waals surface area contributed by atoms with Crippen LogP contribution in [0.1, 0.15) is 22.2 Å². The number of thiophene rings is 1. The Morgan fingerprint density at radius 2 is 2.05 bits per heavy atom. The van der Waals surface area contributed by atoms with Gasteiger partial charge in [0.05, 0.1) is 29.5 Å². The highest BCUT2D eigenvalue weighted by Crippen LogP contribution is 2.40. The summed E-state index contributed by atoms with van der Waals surface area (Å²) in [7, 11) is 1.80. The van der Waals surface area contributed by atoms with Crippen molar-refractivity contribution >= 4 is 61.6 Å². The normalized spacial score (nSPS) is 18.5. The zero-order valence-electron chi connectivity index (χ0n) is 20.1. The highest BCUT2D eigenvalue weighted by molar-refractivity contribution is 7.21. The lowest BCUT2D eigenvalue weighted by atomic mass is 10.1. The Morgan fingerprint density at radius 1 is 1.19 bits per heavy atom. The first-order valence-corrected chi connectivity index (χ1v) is 13.0. The van der Waals surface area contributed by atoms with E-state index in [0.717, 1.165) is 22.3 Å². The van der Waals surface area contributed by atoms with Gasteiger partial charge in [0.25, 0.3) is 5.91 Å². The Hall–Kier alpha value is -3.61. The second kappa shape index (κ2) is 9.36. The smallest absolute Gasteiger partial charge is 0.263 e. The van der Waals surface area contributed by atoms with Gasteiger partial charge in [0.15, 0.2) is 0 Å². The third-order valence-corrected chi connectivity index (χ3v) is 7.77. The predicted octanol–water partition coefficient (Wildman–Crippen LogP) is 2.90. The second-order valence-electron chi connectivity index (χ2n) is 9.17. The first-order valence-electron chi connectivity index (χ1n) is 11.8. The molecule has 11 nitrogen and oxygen atoms in total. The minimum absolute atomic E-state index is 0.0149. The number of benzene rings is 1. The van der Waals surface area contributed by atoms with E-state index in [0.29, 0.717) is 47.7 Å². The topological polar surface area (TPSA) is 125 Å². The molecular formula is C24H23ClN8O3S. The van der Waals surface area contributed by atoms with E-state index in [9.17, 15) is 9.59 Å². The van der Waals surface area contributed by atoms with E-state index in [4.69, 9.17) is 16.3 Å². The number of nitrogens with one attached hydrogen (secondary N) is 2. The van der Waals surface area contributed by atoms with Crippen LogP contribution in [0.5, 0.6) is 11.8 Å². The number of halogens is 1. The van der Waals surface area contributed by atoms with E-state index in [1.165, 1.54) is 17.5 Å². The van der Waals surface area contributed by atoms with Crippen molar-refractivity contribution in [3.63, 3.8) is 0 Å². The summed E-state index contributed by atoms with van der Waals surface area (Å²) in [5, 5.41) is 7.30. The van der Waals surface area contributed by atoms with Crippen molar-refractivity contribution in [3.8, 4) is 11.8 Å². The number of carbonyl (C=O) groups is 2. The highest BCUT2D eigenvalue weighted by atomic mass is 35.5. The maximum Gasteiger partial charge on any atom is 0.263 e. The summed E-state index contributed by atoms with van der Waals surface area (Å²) in [6.45, 7) is 4.69. The van der Waals surface area contributed by atoms with Crippen LogP contribution in [-0.4, -0.2) is 80.8 Å². The number of amides is 2. The van der Waals surface area contributed by atoms with Crippen molar-refractivity contribution in [2.24, 2.45) is 0 Å². The van der Waals surface area contributed by atoms with Gasteiger partial charge in [0.2, 0.25) is 23.0 Å². The van der Waals surface area contributed by atoms with E-state index >= 15 is 0 Å². The maximum absolute atomic E-state index is 12.7. The van der Waals surface area contributed by atoms with Crippen LogP contribution in [0.4, 0.5) is 5.69 Å². The summed E-state index contributed by atoms with van der Waals surface area (Å²) < 4.78 is 6.99. The molecule has 0 unspecified atom stereocenters. The van der Waals surface area contributed by atoms with Gasteiger partial charge in [-0.15, -0.1) is 11.3 Å². The third kappa shape index (κ3) is 4.52. The monoisotopic (exact) mass is 538 g/mol. The maximum atomic E-state index is 12.7. The van der Waals surface area contributed by atoms with E-state index in [1.54, 1.807) is 18.1 Å². The molecule has 37 heavy (non-hydrogen) atoms. The highest BCUT2D eigenvalue weighted by Gasteiger charge is 2.26. The van der Waals surface area contributed by atoms with Crippen LogP contribution in [0.2, 0.25) is 5.28 Å². The van der Waals surface area contributed by atoms with Gasteiger partial charge in [-0.05, 0) is 30.7 Å². The predicted molar refractivity (Wildman–Crippen MR) is 140 cm³/mol. The Morgan fingerprint density at radius 3 is 2.89 bits per heavy atom. The molecule has 0 bridgehead atoms. The van der Waals surface area contributed by atoms with Gasteiger partial charge in [-0.3, -0.25) is 14.5 Å². The van der Waals surface area contributed by atoms with Crippen molar-refractivity contribution in [1.82, 2.24) is 35.1 Å². The minimum Gasteiger partial charge on any atom is -0.418 e. The molecule has 0 radical (unpaired) electrons. The first-order chi connectivity index (χ1) is 17.9. The average molecular weight is 539 g/mol. The summed E-state index contributed by atoms with van der Waals surface area (Å²) >= 11 is 7.50. The number of ether oxygens (including phenoxy) is 1. The van der Waals surface area contributed by atoms with Crippen LogP contribution in [0.15, 0.2) is 24.5 Å². The van der Waals surface area contributed by atoms with Crippen LogP contribution in [-0.2, 0) is 11.3 Å². The van der Waals surface area contributed by atoms with E-state index in [2.05, 4.69) is 30.6 Å². The van der Waals surface area contributed by atoms with E-state index in [-0.39, 0.29) is 34.9 Å². The molecule has 0 aliphatic carbocycles. The molecule has 6 rings (SSSR count). The van der Waals surface area contributed by atoms with Crippen molar-refractivity contribution in [2.45, 2.75) is 19.5 Å². The van der Waals surface area contributed by atoms with Crippen LogP contribution in [0.3, 0.4) is 0 Å². The molecule has 0 spiro atoms. The molecule has 13 heteroatoms. The van der Waals surface area contributed by atoms with Crippen LogP contribution >= 0.6 is 22.9 Å². The summed E-state index contributed by atoms with van der Waals surface area (Å²) in [5.74, 6) is 0.476. The largest absolute Gasteiger partial charge is 0.418 e. The van der Waals surface area contributed by atoms with Crippen molar-refractivity contribution < 1.29 is 14.3 Å². The SMILES string of the molecule is C[C@@H]1CNc2c(sc3ccc4nc(Oc5nc(Cl)ncc5CN5CCN(C)C(=O)C5)cnc4c23)C(=O)N1. The minimum atomic E-state index is -0.0926. The van der Waals surface area contributed by atoms with Gasteiger partial charge < -0.3 is 20.3 Å². The summed E-state index contributed by atoms with van der Waals surface area (Å²) in [4.78, 5) is 46.8. The molecule has 0 saturated carbocycles. The van der Waals surface area contributed by atoms with Crippen molar-refractivity contribution in [3.05, 3.63) is 40.3 Å².